The van der Waals surface area contributed by atoms with Gasteiger partial charge in [0, 0.05) is 20.1 Å². The zero-order valence-corrected chi connectivity index (χ0v) is 14.0. The van der Waals surface area contributed by atoms with Gasteiger partial charge in [-0.05, 0) is 55.5 Å². The van der Waals surface area contributed by atoms with E-state index in [4.69, 9.17) is 0 Å². The summed E-state index contributed by atoms with van der Waals surface area (Å²) in [6.07, 6.45) is 3.54. The third-order valence-corrected chi connectivity index (χ3v) is 6.15. The van der Waals surface area contributed by atoms with Gasteiger partial charge in [-0.1, -0.05) is 19.4 Å². The molecular weight excluding hydrogens is 284 g/mol. The lowest BCUT2D eigenvalue weighted by Gasteiger charge is -2.29. The van der Waals surface area contributed by atoms with Gasteiger partial charge in [0.1, 0.15) is 0 Å². The maximum Gasteiger partial charge on any atom is 0.242 e. The van der Waals surface area contributed by atoms with E-state index in [1.165, 1.54) is 10.7 Å². The highest BCUT2D eigenvalue weighted by Crippen LogP contribution is 2.28. The van der Waals surface area contributed by atoms with Crippen molar-refractivity contribution in [3.8, 4) is 0 Å². The van der Waals surface area contributed by atoms with Crippen molar-refractivity contribution in [2.75, 3.05) is 20.1 Å². The summed E-state index contributed by atoms with van der Waals surface area (Å²) in [5, 5.41) is 3.26. The highest BCUT2D eigenvalue weighted by Gasteiger charge is 2.26. The molecule has 1 aromatic carbocycles. The van der Waals surface area contributed by atoms with Crippen LogP contribution in [0.3, 0.4) is 0 Å². The zero-order chi connectivity index (χ0) is 15.5. The predicted molar refractivity (Wildman–Crippen MR) is 85.7 cm³/mol. The van der Waals surface area contributed by atoms with Crippen LogP contribution < -0.4 is 5.32 Å². The van der Waals surface area contributed by atoms with Crippen LogP contribution in [0.4, 0.5) is 0 Å². The highest BCUT2D eigenvalue weighted by molar-refractivity contribution is 7.89. The minimum absolute atomic E-state index is 0.405. The molecule has 0 heterocycles. The number of nitrogens with one attached hydrogen (secondary N) is 1. The van der Waals surface area contributed by atoms with Crippen LogP contribution in [0.15, 0.2) is 23.1 Å². The number of hydrogen-bond donors (Lipinski definition) is 1. The van der Waals surface area contributed by atoms with Crippen LogP contribution in [-0.2, 0) is 16.6 Å². The minimum Gasteiger partial charge on any atom is -0.313 e. The maximum absolute atomic E-state index is 12.7. The molecule has 1 aromatic rings. The van der Waals surface area contributed by atoms with Crippen LogP contribution in [0.2, 0.25) is 0 Å². The molecular formula is C16H26N2O2S. The zero-order valence-electron chi connectivity index (χ0n) is 13.2. The molecule has 118 valence electrons. The fourth-order valence-electron chi connectivity index (χ4n) is 2.58. The van der Waals surface area contributed by atoms with E-state index in [0.717, 1.165) is 30.5 Å². The SMILES string of the molecule is CCNCc1cc(S(=O)(=O)N(C)CC2CCC2)ccc1C. The molecule has 1 N–H and O–H groups in total. The Kier molecular flexibility index (Phi) is 5.41. The second kappa shape index (κ2) is 6.90. The summed E-state index contributed by atoms with van der Waals surface area (Å²) >= 11 is 0. The molecule has 0 unspecified atom stereocenters. The molecule has 0 amide bonds. The average molecular weight is 310 g/mol. The monoisotopic (exact) mass is 310 g/mol. The average Bonchev–Trinajstić information content (AvgIpc) is 2.41. The Morgan fingerprint density at radius 2 is 2.05 bits per heavy atom. The molecule has 0 saturated heterocycles. The normalized spacial score (nSPS) is 16.2. The number of hydrogen-bond acceptors (Lipinski definition) is 3. The Morgan fingerprint density at radius 3 is 2.62 bits per heavy atom. The Hall–Kier alpha value is -0.910. The minimum atomic E-state index is -3.37. The molecule has 0 radical (unpaired) electrons. The first-order valence-electron chi connectivity index (χ1n) is 7.71. The van der Waals surface area contributed by atoms with Crippen molar-refractivity contribution in [2.24, 2.45) is 5.92 Å². The standard InChI is InChI=1S/C16H26N2O2S/c1-4-17-11-15-10-16(9-8-13(15)2)21(19,20)18(3)12-14-6-5-7-14/h8-10,14,17H,4-7,11-12H2,1-3H3. The Balaban J connectivity index is 2.18. The molecule has 0 spiro atoms. The van der Waals surface area contributed by atoms with E-state index in [-0.39, 0.29) is 0 Å². The molecule has 0 bridgehead atoms. The summed E-state index contributed by atoms with van der Waals surface area (Å²) in [5.74, 6) is 0.538. The lowest BCUT2D eigenvalue weighted by molar-refractivity contribution is 0.263. The second-order valence-corrected chi connectivity index (χ2v) is 8.00. The fraction of sp³-hybridized carbons (Fsp3) is 0.625. The van der Waals surface area contributed by atoms with Crippen LogP contribution >= 0.6 is 0 Å². The van der Waals surface area contributed by atoms with Crippen LogP contribution in [0, 0.1) is 12.8 Å². The number of aryl methyl sites for hydroxylation is 1. The van der Waals surface area contributed by atoms with Gasteiger partial charge in [-0.25, -0.2) is 12.7 Å². The molecule has 1 aliphatic carbocycles. The summed E-state index contributed by atoms with van der Waals surface area (Å²) in [4.78, 5) is 0.405. The Labute approximate surface area is 128 Å². The van der Waals surface area contributed by atoms with E-state index in [1.807, 2.05) is 26.0 Å². The predicted octanol–water partition coefficient (Wildman–Crippen LogP) is 2.53. The summed E-state index contributed by atoms with van der Waals surface area (Å²) in [6, 6.07) is 5.43. The molecule has 21 heavy (non-hydrogen) atoms. The first-order chi connectivity index (χ1) is 9.95. The highest BCUT2D eigenvalue weighted by atomic mass is 32.2. The van der Waals surface area contributed by atoms with Crippen molar-refractivity contribution < 1.29 is 8.42 Å². The van der Waals surface area contributed by atoms with Gasteiger partial charge in [-0.2, -0.15) is 0 Å². The van der Waals surface area contributed by atoms with Gasteiger partial charge in [-0.15, -0.1) is 0 Å². The van der Waals surface area contributed by atoms with Crippen LogP contribution in [0.25, 0.3) is 0 Å². The van der Waals surface area contributed by atoms with Crippen molar-refractivity contribution in [1.29, 1.82) is 0 Å². The van der Waals surface area contributed by atoms with Gasteiger partial charge < -0.3 is 5.32 Å². The van der Waals surface area contributed by atoms with E-state index < -0.39 is 10.0 Å². The number of rotatable bonds is 7. The molecule has 0 atom stereocenters. The molecule has 0 aliphatic heterocycles. The topological polar surface area (TPSA) is 49.4 Å². The second-order valence-electron chi connectivity index (χ2n) is 5.95. The van der Waals surface area contributed by atoms with Gasteiger partial charge in [0.15, 0.2) is 0 Å². The third kappa shape index (κ3) is 3.84. The summed E-state index contributed by atoms with van der Waals surface area (Å²) < 4.78 is 26.8. The van der Waals surface area contributed by atoms with E-state index >= 15 is 0 Å². The first-order valence-corrected chi connectivity index (χ1v) is 9.15. The van der Waals surface area contributed by atoms with Crippen molar-refractivity contribution in [3.63, 3.8) is 0 Å². The first kappa shape index (κ1) is 16.5. The fourth-order valence-corrected chi connectivity index (χ4v) is 3.87. The van der Waals surface area contributed by atoms with Crippen LogP contribution in [0.1, 0.15) is 37.3 Å². The van der Waals surface area contributed by atoms with Gasteiger partial charge >= 0.3 is 0 Å². The van der Waals surface area contributed by atoms with Crippen molar-refractivity contribution in [3.05, 3.63) is 29.3 Å². The van der Waals surface area contributed by atoms with Crippen molar-refractivity contribution in [1.82, 2.24) is 9.62 Å². The van der Waals surface area contributed by atoms with Gasteiger partial charge in [-0.3, -0.25) is 0 Å². The van der Waals surface area contributed by atoms with Crippen molar-refractivity contribution >= 4 is 10.0 Å². The molecule has 4 nitrogen and oxygen atoms in total. The van der Waals surface area contributed by atoms with Gasteiger partial charge in [0.2, 0.25) is 10.0 Å². The van der Waals surface area contributed by atoms with Gasteiger partial charge in [0.25, 0.3) is 0 Å². The van der Waals surface area contributed by atoms with Crippen LogP contribution in [-0.4, -0.2) is 32.9 Å². The summed E-state index contributed by atoms with van der Waals surface area (Å²) in [7, 11) is -1.68. The molecule has 1 aliphatic rings. The lowest BCUT2D eigenvalue weighted by atomic mass is 9.86. The maximum atomic E-state index is 12.7. The van der Waals surface area contributed by atoms with Crippen LogP contribution in [0.5, 0.6) is 0 Å². The Morgan fingerprint density at radius 1 is 1.33 bits per heavy atom. The van der Waals surface area contributed by atoms with E-state index in [1.54, 1.807) is 13.1 Å². The molecule has 0 aromatic heterocycles. The van der Waals surface area contributed by atoms with E-state index in [9.17, 15) is 8.42 Å². The molecule has 5 heteroatoms. The summed E-state index contributed by atoms with van der Waals surface area (Å²) in [5.41, 5.74) is 2.17. The number of nitrogens with zero attached hydrogens (tertiary/aromatic N) is 1. The van der Waals surface area contributed by atoms with Crippen molar-refractivity contribution in [2.45, 2.75) is 44.6 Å². The summed E-state index contributed by atoms with van der Waals surface area (Å²) in [6.45, 7) is 6.28. The lowest BCUT2D eigenvalue weighted by Crippen LogP contribution is -2.34. The Bertz CT molecular complexity index is 580. The number of sulfonamides is 1. The molecule has 1 saturated carbocycles. The van der Waals surface area contributed by atoms with E-state index in [2.05, 4.69) is 5.32 Å². The van der Waals surface area contributed by atoms with Gasteiger partial charge in [0.05, 0.1) is 4.90 Å². The quantitative estimate of drug-likeness (QED) is 0.842. The molecule has 2 rings (SSSR count). The molecule has 1 fully saturated rings. The largest absolute Gasteiger partial charge is 0.313 e. The van der Waals surface area contributed by atoms with E-state index in [0.29, 0.717) is 23.9 Å². The number of benzene rings is 1. The smallest absolute Gasteiger partial charge is 0.242 e. The third-order valence-electron chi connectivity index (χ3n) is 4.33.